The number of carboxylic acids is 1. The van der Waals surface area contributed by atoms with Gasteiger partial charge in [0.05, 0.1) is 0 Å². The van der Waals surface area contributed by atoms with E-state index in [1.165, 1.54) is 25.7 Å². The van der Waals surface area contributed by atoms with Crippen LogP contribution in [0, 0.1) is 11.8 Å². The molecule has 1 saturated heterocycles. The van der Waals surface area contributed by atoms with Crippen LogP contribution in [0.5, 0.6) is 0 Å². The number of aliphatic carboxylic acids is 1. The molecule has 3 atom stereocenters. The maximum absolute atomic E-state index is 12.2. The van der Waals surface area contributed by atoms with Gasteiger partial charge in [-0.2, -0.15) is 0 Å². The number of hydrogen-bond donors (Lipinski definition) is 2. The van der Waals surface area contributed by atoms with Crippen LogP contribution in [0.3, 0.4) is 0 Å². The predicted molar refractivity (Wildman–Crippen MR) is 76.5 cm³/mol. The molecule has 5 heteroatoms. The Bertz CT molecular complexity index is 359. The summed E-state index contributed by atoms with van der Waals surface area (Å²) in [7, 11) is 0. The smallest absolute Gasteiger partial charge is 0.317 e. The van der Waals surface area contributed by atoms with Gasteiger partial charge in [-0.25, -0.2) is 4.79 Å². The lowest BCUT2D eigenvalue weighted by Crippen LogP contribution is -2.50. The summed E-state index contributed by atoms with van der Waals surface area (Å²) in [5.41, 5.74) is 0. The molecule has 0 bridgehead atoms. The number of hydrogen-bond acceptors (Lipinski definition) is 2. The highest BCUT2D eigenvalue weighted by atomic mass is 16.4. The van der Waals surface area contributed by atoms with Crippen LogP contribution in [-0.2, 0) is 4.79 Å². The van der Waals surface area contributed by atoms with E-state index >= 15 is 0 Å². The van der Waals surface area contributed by atoms with E-state index in [9.17, 15) is 9.59 Å². The van der Waals surface area contributed by atoms with Crippen molar-refractivity contribution in [2.24, 2.45) is 11.8 Å². The first-order valence-corrected chi connectivity index (χ1v) is 7.83. The van der Waals surface area contributed by atoms with Gasteiger partial charge in [-0.15, -0.1) is 0 Å². The van der Waals surface area contributed by atoms with Gasteiger partial charge in [-0.1, -0.05) is 19.3 Å². The lowest BCUT2D eigenvalue weighted by atomic mass is 9.75. The van der Waals surface area contributed by atoms with Gasteiger partial charge in [-0.3, -0.25) is 4.79 Å². The van der Waals surface area contributed by atoms with Crippen molar-refractivity contribution in [1.82, 2.24) is 10.2 Å². The third-order valence-electron chi connectivity index (χ3n) is 4.74. The molecule has 114 valence electrons. The minimum atomic E-state index is -0.811. The molecule has 1 aliphatic carbocycles. The second kappa shape index (κ2) is 6.95. The summed E-state index contributed by atoms with van der Waals surface area (Å²) < 4.78 is 0. The highest BCUT2D eigenvalue weighted by Gasteiger charge is 2.33. The first-order valence-electron chi connectivity index (χ1n) is 7.83. The van der Waals surface area contributed by atoms with Gasteiger partial charge in [-0.05, 0) is 38.0 Å². The molecule has 2 aliphatic rings. The van der Waals surface area contributed by atoms with Gasteiger partial charge in [0.2, 0.25) is 0 Å². The van der Waals surface area contributed by atoms with Crippen LogP contribution in [0.2, 0.25) is 0 Å². The summed E-state index contributed by atoms with van der Waals surface area (Å²) in [4.78, 5) is 24.6. The molecule has 0 aromatic carbocycles. The van der Waals surface area contributed by atoms with Crippen molar-refractivity contribution in [3.63, 3.8) is 0 Å². The molecule has 5 nitrogen and oxygen atoms in total. The number of likely N-dealkylation sites (tertiary alicyclic amines) is 1. The highest BCUT2D eigenvalue weighted by molar-refractivity contribution is 5.74. The van der Waals surface area contributed by atoms with E-state index in [4.69, 9.17) is 5.11 Å². The van der Waals surface area contributed by atoms with Crippen molar-refractivity contribution < 1.29 is 14.7 Å². The van der Waals surface area contributed by atoms with Gasteiger partial charge >= 0.3 is 12.0 Å². The SMILES string of the molecule is CC(CCC(=O)O)NC(=O)N1CCC2CCCCC2C1. The number of amides is 2. The van der Waals surface area contributed by atoms with Crippen molar-refractivity contribution >= 4 is 12.0 Å². The fourth-order valence-corrected chi connectivity index (χ4v) is 3.50. The lowest BCUT2D eigenvalue weighted by molar-refractivity contribution is -0.137. The number of fused-ring (bicyclic) bond motifs is 1. The number of rotatable bonds is 4. The zero-order chi connectivity index (χ0) is 14.5. The highest BCUT2D eigenvalue weighted by Crippen LogP contribution is 2.35. The van der Waals surface area contributed by atoms with E-state index in [-0.39, 0.29) is 18.5 Å². The molecule has 2 amide bonds. The first-order chi connectivity index (χ1) is 9.56. The Kier molecular flexibility index (Phi) is 5.26. The van der Waals surface area contributed by atoms with Crippen LogP contribution in [-0.4, -0.2) is 41.1 Å². The Morgan fingerprint density at radius 2 is 1.95 bits per heavy atom. The normalized spacial score (nSPS) is 27.6. The standard InChI is InChI=1S/C15H26N2O3/c1-11(6-7-14(18)19)16-15(20)17-9-8-12-4-2-3-5-13(12)10-17/h11-13H,2-10H2,1H3,(H,16,20)(H,18,19). The number of carbonyl (C=O) groups is 2. The zero-order valence-electron chi connectivity index (χ0n) is 12.3. The van der Waals surface area contributed by atoms with Crippen LogP contribution >= 0.6 is 0 Å². The van der Waals surface area contributed by atoms with Crippen LogP contribution in [0.1, 0.15) is 51.9 Å². The number of nitrogens with zero attached hydrogens (tertiary/aromatic N) is 1. The van der Waals surface area contributed by atoms with Crippen LogP contribution < -0.4 is 5.32 Å². The third-order valence-corrected chi connectivity index (χ3v) is 4.74. The Balaban J connectivity index is 1.76. The number of piperidine rings is 1. The molecule has 3 unspecified atom stereocenters. The third kappa shape index (κ3) is 4.12. The van der Waals surface area contributed by atoms with Crippen molar-refractivity contribution in [1.29, 1.82) is 0 Å². The Morgan fingerprint density at radius 3 is 2.65 bits per heavy atom. The summed E-state index contributed by atoms with van der Waals surface area (Å²) in [5, 5.41) is 11.6. The topological polar surface area (TPSA) is 69.6 Å². The van der Waals surface area contributed by atoms with E-state index in [2.05, 4.69) is 5.32 Å². The Labute approximate surface area is 120 Å². The quantitative estimate of drug-likeness (QED) is 0.832. The Morgan fingerprint density at radius 1 is 1.25 bits per heavy atom. The summed E-state index contributed by atoms with van der Waals surface area (Å²) in [6.45, 7) is 3.59. The maximum atomic E-state index is 12.2. The molecular formula is C15H26N2O3. The summed E-state index contributed by atoms with van der Waals surface area (Å²) in [6.07, 6.45) is 6.94. The first kappa shape index (κ1) is 15.1. The van der Waals surface area contributed by atoms with E-state index < -0.39 is 5.97 Å². The van der Waals surface area contributed by atoms with Gasteiger partial charge in [0.25, 0.3) is 0 Å². The molecule has 0 radical (unpaired) electrons. The molecule has 2 N–H and O–H groups in total. The monoisotopic (exact) mass is 282 g/mol. The summed E-state index contributed by atoms with van der Waals surface area (Å²) in [5.74, 6) is 0.684. The predicted octanol–water partition coefficient (Wildman–Crippen LogP) is 2.46. The maximum Gasteiger partial charge on any atom is 0.317 e. The number of urea groups is 1. The van der Waals surface area contributed by atoms with E-state index in [1.54, 1.807) is 0 Å². The average molecular weight is 282 g/mol. The molecule has 0 aromatic heterocycles. The van der Waals surface area contributed by atoms with Gasteiger partial charge in [0.1, 0.15) is 0 Å². The molecule has 0 spiro atoms. The van der Waals surface area contributed by atoms with E-state index in [0.717, 1.165) is 25.4 Å². The fraction of sp³-hybridized carbons (Fsp3) is 0.867. The minimum absolute atomic E-state index is 0.0214. The summed E-state index contributed by atoms with van der Waals surface area (Å²) in [6, 6.07) is -0.102. The molecule has 1 aliphatic heterocycles. The van der Waals surface area contributed by atoms with Crippen molar-refractivity contribution in [2.75, 3.05) is 13.1 Å². The molecule has 1 saturated carbocycles. The zero-order valence-corrected chi connectivity index (χ0v) is 12.3. The van der Waals surface area contributed by atoms with Gasteiger partial charge in [0, 0.05) is 25.6 Å². The molecule has 0 aromatic rings. The minimum Gasteiger partial charge on any atom is -0.481 e. The number of nitrogens with one attached hydrogen (secondary N) is 1. The van der Waals surface area contributed by atoms with Gasteiger partial charge in [0.15, 0.2) is 0 Å². The van der Waals surface area contributed by atoms with E-state index in [1.807, 2.05) is 11.8 Å². The number of carbonyl (C=O) groups excluding carboxylic acids is 1. The summed E-state index contributed by atoms with van der Waals surface area (Å²) >= 11 is 0. The van der Waals surface area contributed by atoms with Crippen molar-refractivity contribution in [3.8, 4) is 0 Å². The second-order valence-corrected chi connectivity index (χ2v) is 6.32. The molecule has 1 heterocycles. The van der Waals surface area contributed by atoms with Crippen LogP contribution in [0.4, 0.5) is 4.79 Å². The van der Waals surface area contributed by atoms with Crippen LogP contribution in [0.25, 0.3) is 0 Å². The second-order valence-electron chi connectivity index (χ2n) is 6.32. The lowest BCUT2D eigenvalue weighted by Gasteiger charge is -2.41. The molecule has 2 fully saturated rings. The van der Waals surface area contributed by atoms with Gasteiger partial charge < -0.3 is 15.3 Å². The molecule has 2 rings (SSSR count). The number of carboxylic acid groups (broad SMARTS) is 1. The molecule has 20 heavy (non-hydrogen) atoms. The van der Waals surface area contributed by atoms with Crippen molar-refractivity contribution in [3.05, 3.63) is 0 Å². The van der Waals surface area contributed by atoms with Crippen LogP contribution in [0.15, 0.2) is 0 Å². The Hall–Kier alpha value is -1.26. The molecular weight excluding hydrogens is 256 g/mol. The fourth-order valence-electron chi connectivity index (χ4n) is 3.50. The van der Waals surface area contributed by atoms with E-state index in [0.29, 0.717) is 12.3 Å². The largest absolute Gasteiger partial charge is 0.481 e. The van der Waals surface area contributed by atoms with Crippen molar-refractivity contribution in [2.45, 2.75) is 57.9 Å². The average Bonchev–Trinajstić information content (AvgIpc) is 2.44.